The molecule has 0 saturated heterocycles. The average molecular weight is 715 g/mol. The zero-order chi connectivity index (χ0) is 36.4. The molecule has 1 unspecified atom stereocenters. The molecule has 0 N–H and O–H groups in total. The summed E-state index contributed by atoms with van der Waals surface area (Å²) in [5.74, 6) is 1.85. The van der Waals surface area contributed by atoms with Crippen LogP contribution in [0.3, 0.4) is 0 Å². The number of para-hydroxylation sites is 2. The van der Waals surface area contributed by atoms with Gasteiger partial charge in [-0.3, -0.25) is 0 Å². The van der Waals surface area contributed by atoms with Crippen LogP contribution in [0.2, 0.25) is 0 Å². The second-order valence-corrected chi connectivity index (χ2v) is 17.1. The molecule has 1 atom stereocenters. The average Bonchev–Trinajstić information content (AvgIpc) is 3.46. The van der Waals surface area contributed by atoms with Crippen molar-refractivity contribution in [3.05, 3.63) is 187 Å². The fraction of sp³-hybridized carbons (Fsp3) is 0.0625. The molecule has 0 spiro atoms. The molecule has 1 aliphatic carbocycles. The molecule has 2 aliphatic rings. The van der Waals surface area contributed by atoms with Gasteiger partial charge in [-0.2, -0.15) is 0 Å². The monoisotopic (exact) mass is 714 g/mol. The maximum absolute atomic E-state index is 16.1. The normalized spacial score (nSPS) is 16.2. The zero-order valence-corrected chi connectivity index (χ0v) is 30.8. The van der Waals surface area contributed by atoms with Crippen LogP contribution in [0.15, 0.2) is 176 Å². The molecule has 7 aromatic carbocycles. The fourth-order valence-electron chi connectivity index (χ4n) is 8.23. The Morgan fingerprint density at radius 3 is 1.61 bits per heavy atom. The molecule has 8 aromatic rings. The minimum Gasteiger partial charge on any atom is -0.309 e. The molecule has 1 aromatic heterocycles. The van der Waals surface area contributed by atoms with Crippen LogP contribution in [0.25, 0.3) is 45.3 Å². The largest absolute Gasteiger partial charge is 0.309 e. The van der Waals surface area contributed by atoms with E-state index in [0.717, 1.165) is 60.8 Å². The summed E-state index contributed by atoms with van der Waals surface area (Å²) in [5, 5.41) is 2.50. The summed E-state index contributed by atoms with van der Waals surface area (Å²) < 4.78 is 16.1. The summed E-state index contributed by atoms with van der Waals surface area (Å²) in [6, 6.07) is 59.8. The third kappa shape index (κ3) is 4.93. The van der Waals surface area contributed by atoms with Crippen LogP contribution in [-0.2, 0) is 9.98 Å². The Morgan fingerprint density at radius 2 is 0.981 bits per heavy atom. The highest BCUT2D eigenvalue weighted by molar-refractivity contribution is 7.86. The maximum atomic E-state index is 16.1. The van der Waals surface area contributed by atoms with E-state index in [1.807, 2.05) is 115 Å². The van der Waals surface area contributed by atoms with Gasteiger partial charge in [0.15, 0.2) is 24.6 Å². The van der Waals surface area contributed by atoms with Crippen molar-refractivity contribution in [3.8, 4) is 45.3 Å². The lowest BCUT2D eigenvalue weighted by Gasteiger charge is -2.39. The van der Waals surface area contributed by atoms with Crippen LogP contribution in [0, 0.1) is 0 Å². The SMILES string of the molecule is CC1(C)c2ccc(-c3nc(-c4ccccc4)nc(-c4ccccc4)n3)cc2-c2cc3c(cc21)N(c1ccccc1)c1ccccc1P3(=O)c1ccccc1. The maximum Gasteiger partial charge on any atom is 0.175 e. The molecule has 0 bridgehead atoms. The van der Waals surface area contributed by atoms with Crippen LogP contribution >= 0.6 is 7.14 Å². The van der Waals surface area contributed by atoms with Crippen molar-refractivity contribution >= 4 is 40.1 Å². The van der Waals surface area contributed by atoms with Crippen molar-refractivity contribution in [1.29, 1.82) is 0 Å². The van der Waals surface area contributed by atoms with E-state index in [4.69, 9.17) is 15.0 Å². The first-order valence-corrected chi connectivity index (χ1v) is 19.9. The summed E-state index contributed by atoms with van der Waals surface area (Å²) in [7, 11) is -3.32. The highest BCUT2D eigenvalue weighted by Gasteiger charge is 2.45. The van der Waals surface area contributed by atoms with Crippen LogP contribution in [0.5, 0.6) is 0 Å². The van der Waals surface area contributed by atoms with E-state index in [1.54, 1.807) is 0 Å². The zero-order valence-electron chi connectivity index (χ0n) is 29.9. The quantitative estimate of drug-likeness (QED) is 0.166. The summed E-state index contributed by atoms with van der Waals surface area (Å²) in [4.78, 5) is 17.3. The third-order valence-corrected chi connectivity index (χ3v) is 14.0. The predicted molar refractivity (Wildman–Crippen MR) is 221 cm³/mol. The lowest BCUT2D eigenvalue weighted by atomic mass is 9.82. The van der Waals surface area contributed by atoms with E-state index < -0.39 is 7.14 Å². The lowest BCUT2D eigenvalue weighted by molar-refractivity contribution is 0.592. The van der Waals surface area contributed by atoms with Crippen molar-refractivity contribution in [3.63, 3.8) is 0 Å². The summed E-state index contributed by atoms with van der Waals surface area (Å²) in [6.07, 6.45) is 0. The van der Waals surface area contributed by atoms with E-state index in [9.17, 15) is 0 Å². The highest BCUT2D eigenvalue weighted by Crippen LogP contribution is 2.58. The van der Waals surface area contributed by atoms with Crippen LogP contribution in [0.4, 0.5) is 17.1 Å². The number of nitrogens with zero attached hydrogens (tertiary/aromatic N) is 4. The molecule has 6 heteroatoms. The molecule has 2 heterocycles. The van der Waals surface area contributed by atoms with Gasteiger partial charge in [0.1, 0.15) is 0 Å². The van der Waals surface area contributed by atoms with Crippen molar-refractivity contribution in [2.45, 2.75) is 19.3 Å². The number of hydrogen-bond donors (Lipinski definition) is 0. The Bertz CT molecular complexity index is 2710. The van der Waals surface area contributed by atoms with E-state index in [2.05, 4.69) is 79.4 Å². The molecule has 54 heavy (non-hydrogen) atoms. The first kappa shape index (κ1) is 32.2. The molecule has 0 radical (unpaired) electrons. The second-order valence-electron chi connectivity index (χ2n) is 14.4. The first-order valence-electron chi connectivity index (χ1n) is 18.2. The van der Waals surface area contributed by atoms with Gasteiger partial charge in [0.25, 0.3) is 0 Å². The van der Waals surface area contributed by atoms with Gasteiger partial charge in [0, 0.05) is 43.7 Å². The van der Waals surface area contributed by atoms with Gasteiger partial charge in [0.05, 0.1) is 11.4 Å². The lowest BCUT2D eigenvalue weighted by Crippen LogP contribution is -2.37. The first-order chi connectivity index (χ1) is 26.4. The minimum absolute atomic E-state index is 0.322. The van der Waals surface area contributed by atoms with Crippen LogP contribution in [-0.4, -0.2) is 15.0 Å². The van der Waals surface area contributed by atoms with Crippen molar-refractivity contribution in [1.82, 2.24) is 15.0 Å². The number of anilines is 3. The Labute approximate surface area is 315 Å². The Morgan fingerprint density at radius 1 is 0.463 bits per heavy atom. The molecule has 10 rings (SSSR count). The molecular formula is C48H35N4OP. The Kier molecular flexibility index (Phi) is 7.37. The van der Waals surface area contributed by atoms with Crippen molar-refractivity contribution in [2.75, 3.05) is 4.90 Å². The molecular weight excluding hydrogens is 680 g/mol. The van der Waals surface area contributed by atoms with Gasteiger partial charge in [-0.15, -0.1) is 0 Å². The smallest absolute Gasteiger partial charge is 0.175 e. The van der Waals surface area contributed by atoms with Gasteiger partial charge in [-0.05, 0) is 64.7 Å². The summed E-state index contributed by atoms with van der Waals surface area (Å²) >= 11 is 0. The molecule has 1 aliphatic heterocycles. The third-order valence-electron chi connectivity index (χ3n) is 10.9. The van der Waals surface area contributed by atoms with Crippen molar-refractivity contribution < 1.29 is 4.57 Å². The van der Waals surface area contributed by atoms with Gasteiger partial charge >= 0.3 is 0 Å². The number of fused-ring (bicyclic) bond motifs is 5. The fourth-order valence-corrected chi connectivity index (χ4v) is 11.2. The van der Waals surface area contributed by atoms with E-state index in [-0.39, 0.29) is 5.41 Å². The Balaban J connectivity index is 1.21. The number of rotatable bonds is 5. The molecule has 0 fully saturated rings. The highest BCUT2D eigenvalue weighted by atomic mass is 31.2. The van der Waals surface area contributed by atoms with Gasteiger partial charge in [-0.1, -0.05) is 147 Å². The molecule has 0 saturated carbocycles. The minimum atomic E-state index is -3.32. The van der Waals surface area contributed by atoms with E-state index in [0.29, 0.717) is 17.5 Å². The number of aromatic nitrogens is 3. The summed E-state index contributed by atoms with van der Waals surface area (Å²) in [5.41, 5.74) is 9.94. The van der Waals surface area contributed by atoms with E-state index in [1.165, 1.54) is 11.1 Å². The van der Waals surface area contributed by atoms with Crippen LogP contribution in [0.1, 0.15) is 25.0 Å². The Hall–Kier alpha value is -6.42. The second kappa shape index (κ2) is 12.3. The van der Waals surface area contributed by atoms with Gasteiger partial charge in [-0.25, -0.2) is 15.0 Å². The molecule has 258 valence electrons. The number of benzene rings is 7. The molecule has 0 amide bonds. The number of hydrogen-bond acceptors (Lipinski definition) is 5. The van der Waals surface area contributed by atoms with Gasteiger partial charge < -0.3 is 9.46 Å². The summed E-state index contributed by atoms with van der Waals surface area (Å²) in [6.45, 7) is 4.57. The molecule has 5 nitrogen and oxygen atoms in total. The predicted octanol–water partition coefficient (Wildman–Crippen LogP) is 10.6. The van der Waals surface area contributed by atoms with Crippen LogP contribution < -0.4 is 20.8 Å². The topological polar surface area (TPSA) is 59.0 Å². The standard InChI is InChI=1S/C48H35N4OP/c1-48(2)39-28-27-34(47-50-45(32-17-7-3-8-18-32)49-46(51-47)33-19-9-4-10-20-33)29-37(39)38-30-44-42(31-40(38)48)52(35-21-11-5-12-22-35)41-25-15-16-26-43(41)54(44,53)36-23-13-6-14-24-36/h3-31H,1-2H3. The van der Waals surface area contributed by atoms with E-state index >= 15 is 4.57 Å². The van der Waals surface area contributed by atoms with Crippen molar-refractivity contribution in [2.24, 2.45) is 0 Å². The van der Waals surface area contributed by atoms with Gasteiger partial charge in [0.2, 0.25) is 0 Å².